The zero-order valence-electron chi connectivity index (χ0n) is 53.2. The van der Waals surface area contributed by atoms with Crippen LogP contribution in [0.3, 0.4) is 0 Å². The van der Waals surface area contributed by atoms with Gasteiger partial charge in [0.05, 0.1) is 67.3 Å². The smallest absolute Gasteiger partial charge is 0.324 e. The van der Waals surface area contributed by atoms with Crippen LogP contribution in [0.15, 0.2) is 199 Å². The Morgan fingerprint density at radius 3 is 1.29 bits per heavy atom. The van der Waals surface area contributed by atoms with Crippen molar-refractivity contribution in [1.29, 1.82) is 0 Å². The molecule has 3 aliphatic heterocycles. The summed E-state index contributed by atoms with van der Waals surface area (Å²) in [5, 5.41) is 9.66. The summed E-state index contributed by atoms with van der Waals surface area (Å²) in [5.74, 6) is -0.638. The van der Waals surface area contributed by atoms with Gasteiger partial charge in [0.15, 0.2) is 0 Å². The minimum Gasteiger partial charge on any atom is -0.324 e. The van der Waals surface area contributed by atoms with Crippen LogP contribution < -0.4 is 32.6 Å². The quantitative estimate of drug-likeness (QED) is 0.0943. The van der Waals surface area contributed by atoms with E-state index in [0.29, 0.717) is 115 Å². The number of rotatable bonds is 9. The fourth-order valence-corrected chi connectivity index (χ4v) is 13.9. The van der Waals surface area contributed by atoms with Crippen molar-refractivity contribution in [3.63, 3.8) is 0 Å². The largest absolute Gasteiger partial charge is 0.326 e. The molecular formula is C74H57Cl7N12O6. The predicted molar refractivity (Wildman–Crippen MR) is 399 cm³/mol. The molecule has 3 atom stereocenters. The highest BCUT2D eigenvalue weighted by molar-refractivity contribution is 6.37. The number of aromatic amines is 3. The summed E-state index contributed by atoms with van der Waals surface area (Å²) in [4.78, 5) is 101. The number of aliphatic imine (C=N–C) groups is 3. The molecule has 0 bridgehead atoms. The molecule has 12 aromatic rings. The molecule has 3 aromatic heterocycles. The molecule has 0 radical (unpaired) electrons. The van der Waals surface area contributed by atoms with E-state index < -0.39 is 18.1 Å². The number of nitrogens with zero attached hydrogens (tertiary/aromatic N) is 7. The van der Waals surface area contributed by atoms with Crippen LogP contribution in [0.2, 0.25) is 35.2 Å². The first kappa shape index (κ1) is 67.8. The van der Waals surface area contributed by atoms with E-state index in [4.69, 9.17) is 96.2 Å². The number of benzene rings is 9. The minimum atomic E-state index is -0.783. The molecule has 0 spiro atoms. The van der Waals surface area contributed by atoms with Crippen LogP contribution >= 0.6 is 81.2 Å². The van der Waals surface area contributed by atoms with E-state index in [2.05, 4.69) is 25.6 Å². The number of aromatic nitrogens is 6. The van der Waals surface area contributed by atoms with Crippen molar-refractivity contribution >= 4 is 166 Å². The Hall–Kier alpha value is -9.76. The van der Waals surface area contributed by atoms with Crippen LogP contribution in [-0.4, -0.2) is 88.7 Å². The number of anilines is 3. The van der Waals surface area contributed by atoms with Crippen LogP contribution in [0.4, 0.5) is 17.1 Å². The molecule has 3 amide bonds. The van der Waals surface area contributed by atoms with Gasteiger partial charge in [-0.15, -0.1) is 0 Å². The number of likely N-dealkylation sites (N-methyl/N-ethyl adjacent to an activating group) is 1. The zero-order chi connectivity index (χ0) is 69.8. The highest BCUT2D eigenvalue weighted by Gasteiger charge is 2.33. The van der Waals surface area contributed by atoms with E-state index in [0.717, 1.165) is 55.5 Å². The number of amides is 3. The van der Waals surface area contributed by atoms with E-state index in [9.17, 15) is 28.8 Å². The van der Waals surface area contributed by atoms with Gasteiger partial charge in [0, 0.05) is 116 Å². The molecule has 18 nitrogen and oxygen atoms in total. The summed E-state index contributed by atoms with van der Waals surface area (Å²) in [6.07, 6.45) is 0.930. The third-order valence-electron chi connectivity index (χ3n) is 17.6. The van der Waals surface area contributed by atoms with E-state index in [1.54, 1.807) is 109 Å². The van der Waals surface area contributed by atoms with Crippen molar-refractivity contribution in [3.8, 4) is 0 Å². The molecule has 0 fully saturated rings. The van der Waals surface area contributed by atoms with Crippen molar-refractivity contribution in [2.24, 2.45) is 36.1 Å². The monoisotopic (exact) mass is 1450 g/mol. The highest BCUT2D eigenvalue weighted by atomic mass is 35.5. The van der Waals surface area contributed by atoms with Crippen molar-refractivity contribution in [1.82, 2.24) is 28.7 Å². The van der Waals surface area contributed by atoms with Crippen LogP contribution in [-0.2, 0) is 54.8 Å². The number of aryl methyl sites for hydroxylation is 4. The summed E-state index contributed by atoms with van der Waals surface area (Å²) in [7, 11) is 6.87. The van der Waals surface area contributed by atoms with Crippen molar-refractivity contribution in [3.05, 3.63) is 292 Å². The maximum Gasteiger partial charge on any atom is 0.326 e. The number of fused-ring (bicyclic) bond motifs is 6. The fourth-order valence-electron chi connectivity index (χ4n) is 12.3. The molecule has 15 rings (SSSR count). The lowest BCUT2D eigenvalue weighted by atomic mass is 9.99. The number of imidazole rings is 3. The predicted octanol–water partition coefficient (Wildman–Crippen LogP) is 14.7. The lowest BCUT2D eigenvalue weighted by molar-refractivity contribution is -0.119. The molecule has 9 aromatic carbocycles. The first-order chi connectivity index (χ1) is 47.4. The van der Waals surface area contributed by atoms with Gasteiger partial charge in [-0.3, -0.25) is 43.1 Å². The number of carbonyl (C=O) groups excluding carboxylic acids is 3. The third-order valence-corrected chi connectivity index (χ3v) is 19.8. The van der Waals surface area contributed by atoms with Crippen molar-refractivity contribution < 1.29 is 14.4 Å². The Balaban J connectivity index is 0.000000133. The Kier molecular flexibility index (Phi) is 19.1. The van der Waals surface area contributed by atoms with Gasteiger partial charge in [-0.05, 0) is 144 Å². The first-order valence-electron chi connectivity index (χ1n) is 31.0. The number of benzodiazepines with no additional fused rings is 3. The topological polar surface area (TPSA) is 229 Å². The molecule has 3 unspecified atom stereocenters. The Morgan fingerprint density at radius 2 is 0.808 bits per heavy atom. The second-order valence-electron chi connectivity index (χ2n) is 24.1. The molecule has 25 heteroatoms. The second kappa shape index (κ2) is 27.9. The molecule has 0 aliphatic carbocycles. The van der Waals surface area contributed by atoms with Gasteiger partial charge in [0.25, 0.3) is 5.91 Å². The maximum atomic E-state index is 13.4. The minimum absolute atomic E-state index is 0.136. The molecule has 0 saturated carbocycles. The summed E-state index contributed by atoms with van der Waals surface area (Å²) in [6, 6.07) is 49.0. The fraction of sp³-hybridized carbons (Fsp3) is 0.149. The summed E-state index contributed by atoms with van der Waals surface area (Å²) >= 11 is 44.5. The van der Waals surface area contributed by atoms with E-state index in [1.165, 1.54) is 4.57 Å². The van der Waals surface area contributed by atoms with Gasteiger partial charge in [-0.25, -0.2) is 14.4 Å². The van der Waals surface area contributed by atoms with Gasteiger partial charge in [0.2, 0.25) is 11.8 Å². The number of hydrogen-bond acceptors (Lipinski definition) is 9. The third kappa shape index (κ3) is 13.8. The molecule has 5 N–H and O–H groups in total. The summed E-state index contributed by atoms with van der Waals surface area (Å²) in [5.41, 5.74) is 15.3. The van der Waals surface area contributed by atoms with Crippen molar-refractivity contribution in [2.45, 2.75) is 44.3 Å². The summed E-state index contributed by atoms with van der Waals surface area (Å²) in [6.45, 7) is 1.97. The highest BCUT2D eigenvalue weighted by Crippen LogP contribution is 2.36. The van der Waals surface area contributed by atoms with Gasteiger partial charge < -0.3 is 30.5 Å². The Morgan fingerprint density at radius 1 is 0.394 bits per heavy atom. The van der Waals surface area contributed by atoms with E-state index >= 15 is 0 Å². The number of halogens is 7. The molecule has 99 heavy (non-hydrogen) atoms. The first-order valence-corrected chi connectivity index (χ1v) is 33.6. The van der Waals surface area contributed by atoms with Gasteiger partial charge >= 0.3 is 17.1 Å². The molecule has 0 saturated heterocycles. The standard InChI is InChI=1S/2C25H20Cl2N4O2.C24H17Cl3N4O2/c1-13-3-4-14(18(27)9-13)10-21-24(32)29-19-7-6-16(26)12-17(19)23(28-21)15-5-8-22-20(11-15)30-25(33)31(22)2;1-30-21-10-8-16(26)13-17(21)23(15-7-9-22-19(12-15)29-25(33)31(22)2)28-20(24(30)32)11-14-5-3-4-6-18(14)27;1-31-21-8-5-12(9-19(21)30-24(31)33)22-15-10-13(25)6-7-18(15)29-23(32)20(28-22)11-14-16(26)3-2-4-17(14)27/h3-9,11-12,21H,10H2,1-2H3,(H,29,32)(H,30,33);3-10,12-13,20H,11H2,1-2H3,(H,29,33);2-10,20H,11H2,1H3,(H,29,32)(H,30,33). The van der Waals surface area contributed by atoms with E-state index in [-0.39, 0.29) is 41.2 Å². The Bertz CT molecular complexity index is 5600. The number of carbonyl (C=O) groups is 3. The summed E-state index contributed by atoms with van der Waals surface area (Å²) < 4.78 is 4.63. The zero-order valence-corrected chi connectivity index (χ0v) is 58.5. The Labute approximate surface area is 600 Å². The van der Waals surface area contributed by atoms with E-state index in [1.807, 2.05) is 110 Å². The second-order valence-corrected chi connectivity index (χ2v) is 27.0. The van der Waals surface area contributed by atoms with Gasteiger partial charge in [-0.2, -0.15) is 0 Å². The SMILES string of the molecule is CN1C(=O)C(Cc2ccccc2Cl)N=C(c2ccc3c(c2)[nH]c(=O)n3C)c2cc(Cl)ccc21.Cc1ccc(CC2N=C(c3ccc4c(c3)[nH]c(=O)n4C)c3cc(Cl)ccc3NC2=O)c(Cl)c1.Cn1c(=O)[nH]c2cc(C3=NC(Cc4c(Cl)cccc4Cl)C(=O)Nc4ccc(Cl)cc43)ccc21. The lowest BCUT2D eigenvalue weighted by Gasteiger charge is -2.20. The van der Waals surface area contributed by atoms with Gasteiger partial charge in [0.1, 0.15) is 18.1 Å². The van der Waals surface area contributed by atoms with Crippen molar-refractivity contribution in [2.75, 3.05) is 22.6 Å². The molecule has 6 heterocycles. The average molecular weight is 1460 g/mol. The maximum absolute atomic E-state index is 13.4. The van der Waals surface area contributed by atoms with Crippen LogP contribution in [0, 0.1) is 6.92 Å². The van der Waals surface area contributed by atoms with Gasteiger partial charge in [-0.1, -0.05) is 136 Å². The lowest BCUT2D eigenvalue weighted by Crippen LogP contribution is -2.36. The number of nitrogens with one attached hydrogen (secondary N) is 5. The normalized spacial score (nSPS) is 15.8. The van der Waals surface area contributed by atoms with Crippen LogP contribution in [0.1, 0.15) is 55.6 Å². The van der Waals surface area contributed by atoms with Crippen LogP contribution in [0.5, 0.6) is 0 Å². The number of hydrogen-bond donors (Lipinski definition) is 5. The molecular weight excluding hydrogens is 1400 g/mol. The number of H-pyrrole nitrogens is 3. The average Bonchev–Trinajstić information content (AvgIpc) is 1.68. The van der Waals surface area contributed by atoms with Crippen LogP contribution in [0.25, 0.3) is 33.1 Å². The molecule has 498 valence electrons. The molecule has 3 aliphatic rings.